The van der Waals surface area contributed by atoms with Crippen molar-refractivity contribution in [1.29, 1.82) is 0 Å². The van der Waals surface area contributed by atoms with Crippen LogP contribution >= 0.6 is 34.2 Å². The molecule has 0 radical (unpaired) electrons. The Hall–Kier alpha value is -1.72. The summed E-state index contributed by atoms with van der Waals surface area (Å²) in [5, 5.41) is 10.2. The Morgan fingerprint density at radius 3 is 2.46 bits per heavy atom. The van der Waals surface area contributed by atoms with Crippen molar-refractivity contribution in [3.05, 3.63) is 62.2 Å². The van der Waals surface area contributed by atoms with Gasteiger partial charge in [0.15, 0.2) is 4.90 Å². The van der Waals surface area contributed by atoms with Crippen LogP contribution in [0.15, 0.2) is 53.4 Å². The fourth-order valence-corrected chi connectivity index (χ4v) is 4.29. The third-order valence-corrected chi connectivity index (χ3v) is 5.61. The van der Waals surface area contributed by atoms with Crippen LogP contribution in [0.5, 0.6) is 0 Å². The van der Waals surface area contributed by atoms with Gasteiger partial charge in [-0.2, -0.15) is 0 Å². The van der Waals surface area contributed by atoms with Crippen molar-refractivity contribution in [2.24, 2.45) is 0 Å². The van der Waals surface area contributed by atoms with E-state index >= 15 is 0 Å². The molecule has 0 aromatic heterocycles. The van der Waals surface area contributed by atoms with Crippen molar-refractivity contribution in [1.82, 2.24) is 0 Å². The van der Waals surface area contributed by atoms with E-state index in [0.29, 0.717) is 0 Å². The lowest BCUT2D eigenvalue weighted by atomic mass is 10.3. The molecule has 0 N–H and O–H groups in total. The van der Waals surface area contributed by atoms with E-state index in [1.165, 1.54) is 24.3 Å². The van der Waals surface area contributed by atoms with Crippen LogP contribution in [-0.4, -0.2) is 25.1 Å². The maximum atomic E-state index is 12.9. The van der Waals surface area contributed by atoms with E-state index in [4.69, 9.17) is 11.6 Å². The van der Waals surface area contributed by atoms with Crippen LogP contribution in [0.25, 0.3) is 0 Å². The van der Waals surface area contributed by atoms with E-state index in [9.17, 15) is 23.3 Å². The Morgan fingerprint density at radius 2 is 1.88 bits per heavy atom. The van der Waals surface area contributed by atoms with Gasteiger partial charge in [0.2, 0.25) is 5.24 Å². The number of para-hydroxylation sites is 1. The first-order valence-corrected chi connectivity index (χ1v) is 9.33. The predicted molar refractivity (Wildman–Crippen MR) is 97.6 cm³/mol. The highest BCUT2D eigenvalue weighted by Crippen LogP contribution is 2.30. The second kappa shape index (κ2) is 7.45. The molecule has 24 heavy (non-hydrogen) atoms. The summed E-state index contributed by atoms with van der Waals surface area (Å²) in [5.74, 6) is 0. The topological polar surface area (TPSA) is 97.6 Å². The SMILES string of the molecule is O=C(Cl)CN(c1cccc(I)c1)S(=O)(=O)c1ccccc1[N+](=O)[O-]. The average molecular weight is 481 g/mol. The zero-order valence-corrected chi connectivity index (χ0v) is 15.7. The van der Waals surface area contributed by atoms with Crippen molar-refractivity contribution in [3.63, 3.8) is 0 Å². The lowest BCUT2D eigenvalue weighted by molar-refractivity contribution is -0.387. The Kier molecular flexibility index (Phi) is 5.78. The van der Waals surface area contributed by atoms with Crippen molar-refractivity contribution in [2.75, 3.05) is 10.8 Å². The summed E-state index contributed by atoms with van der Waals surface area (Å²) in [6, 6.07) is 11.3. The molecule has 7 nitrogen and oxygen atoms in total. The van der Waals surface area contributed by atoms with Crippen molar-refractivity contribution in [3.8, 4) is 0 Å². The predicted octanol–water partition coefficient (Wildman–Crippen LogP) is 3.16. The maximum absolute atomic E-state index is 12.9. The Morgan fingerprint density at radius 1 is 1.21 bits per heavy atom. The molecule has 0 aliphatic rings. The molecule has 0 saturated heterocycles. The minimum Gasteiger partial charge on any atom is -0.279 e. The molecule has 126 valence electrons. The monoisotopic (exact) mass is 480 g/mol. The van der Waals surface area contributed by atoms with E-state index in [1.807, 2.05) is 22.6 Å². The van der Waals surface area contributed by atoms with E-state index in [2.05, 4.69) is 0 Å². The number of carbonyl (C=O) groups is 1. The van der Waals surface area contributed by atoms with Gasteiger partial charge in [-0.3, -0.25) is 19.2 Å². The largest absolute Gasteiger partial charge is 0.289 e. The first-order valence-electron chi connectivity index (χ1n) is 6.43. The molecular weight excluding hydrogens is 471 g/mol. The van der Waals surface area contributed by atoms with E-state index in [1.54, 1.807) is 12.1 Å². The smallest absolute Gasteiger partial charge is 0.279 e. The lowest BCUT2D eigenvalue weighted by Crippen LogP contribution is -2.34. The van der Waals surface area contributed by atoms with Crippen LogP contribution in [0.3, 0.4) is 0 Å². The van der Waals surface area contributed by atoms with Crippen LogP contribution in [0.2, 0.25) is 0 Å². The number of nitro groups is 1. The highest BCUT2D eigenvalue weighted by atomic mass is 127. The summed E-state index contributed by atoms with van der Waals surface area (Å²) in [6.07, 6.45) is 0. The van der Waals surface area contributed by atoms with Crippen LogP contribution in [0.1, 0.15) is 0 Å². The van der Waals surface area contributed by atoms with Crippen LogP contribution < -0.4 is 4.31 Å². The number of rotatable bonds is 6. The Balaban J connectivity index is 2.65. The van der Waals surface area contributed by atoms with E-state index < -0.39 is 37.3 Å². The minimum absolute atomic E-state index is 0.189. The first kappa shape index (κ1) is 18.6. The van der Waals surface area contributed by atoms with E-state index in [0.717, 1.165) is 20.0 Å². The molecule has 2 rings (SSSR count). The fourth-order valence-electron chi connectivity index (χ4n) is 2.00. The molecule has 0 atom stereocenters. The second-order valence-electron chi connectivity index (χ2n) is 4.57. The number of nitrogens with zero attached hydrogens (tertiary/aromatic N) is 2. The third kappa shape index (κ3) is 4.02. The molecule has 0 aliphatic carbocycles. The van der Waals surface area contributed by atoms with Crippen molar-refractivity contribution >= 4 is 60.8 Å². The summed E-state index contributed by atoms with van der Waals surface area (Å²) in [4.78, 5) is 21.2. The Bertz CT molecular complexity index is 904. The summed E-state index contributed by atoms with van der Waals surface area (Å²) in [5.41, 5.74) is -0.385. The molecule has 0 aliphatic heterocycles. The van der Waals surface area contributed by atoms with Gasteiger partial charge in [-0.25, -0.2) is 8.42 Å². The quantitative estimate of drug-likeness (QED) is 0.274. The molecule has 0 bridgehead atoms. The number of carbonyl (C=O) groups excluding carboxylic acids is 1. The van der Waals surface area contributed by atoms with Crippen LogP contribution in [0.4, 0.5) is 11.4 Å². The molecule has 0 saturated carbocycles. The second-order valence-corrected chi connectivity index (χ2v) is 8.07. The van der Waals surface area contributed by atoms with Gasteiger partial charge in [-0.05, 0) is 58.5 Å². The molecule has 0 amide bonds. The highest BCUT2D eigenvalue weighted by molar-refractivity contribution is 14.1. The van der Waals surface area contributed by atoms with Crippen LogP contribution in [0, 0.1) is 13.7 Å². The molecule has 2 aromatic carbocycles. The van der Waals surface area contributed by atoms with Crippen molar-refractivity contribution < 1.29 is 18.1 Å². The van der Waals surface area contributed by atoms with Gasteiger partial charge in [-0.15, -0.1) is 0 Å². The molecular formula is C14H10ClIN2O5S. The van der Waals surface area contributed by atoms with Crippen molar-refractivity contribution in [2.45, 2.75) is 4.90 Å². The lowest BCUT2D eigenvalue weighted by Gasteiger charge is -2.23. The maximum Gasteiger partial charge on any atom is 0.289 e. The zero-order valence-electron chi connectivity index (χ0n) is 11.9. The summed E-state index contributed by atoms with van der Waals surface area (Å²) in [6.45, 7) is -0.643. The van der Waals surface area contributed by atoms with Crippen LogP contribution in [-0.2, 0) is 14.8 Å². The third-order valence-electron chi connectivity index (χ3n) is 2.99. The molecule has 0 fully saturated rings. The molecule has 0 spiro atoms. The molecule has 0 heterocycles. The molecule has 0 unspecified atom stereocenters. The van der Waals surface area contributed by atoms with Gasteiger partial charge in [-0.1, -0.05) is 18.2 Å². The highest BCUT2D eigenvalue weighted by Gasteiger charge is 2.32. The number of nitro benzene ring substituents is 1. The van der Waals surface area contributed by atoms with Gasteiger partial charge >= 0.3 is 0 Å². The van der Waals surface area contributed by atoms with Gasteiger partial charge in [0.1, 0.15) is 6.54 Å². The number of hydrogen-bond donors (Lipinski definition) is 0. The van der Waals surface area contributed by atoms with Gasteiger partial charge in [0.05, 0.1) is 10.6 Å². The zero-order chi connectivity index (χ0) is 17.9. The summed E-state index contributed by atoms with van der Waals surface area (Å²) < 4.78 is 27.3. The number of sulfonamides is 1. The first-order chi connectivity index (χ1) is 11.2. The standard InChI is InChI=1S/C14H10ClIN2O5S/c15-14(19)9-17(11-5-3-4-10(16)8-11)24(22,23)13-7-2-1-6-12(13)18(20)21/h1-8H,9H2. The molecule has 10 heteroatoms. The summed E-state index contributed by atoms with van der Waals surface area (Å²) >= 11 is 7.36. The number of anilines is 1. The Labute approximate surface area is 156 Å². The normalized spacial score (nSPS) is 11.1. The number of hydrogen-bond acceptors (Lipinski definition) is 5. The summed E-state index contributed by atoms with van der Waals surface area (Å²) in [7, 11) is -4.36. The van der Waals surface area contributed by atoms with E-state index in [-0.39, 0.29) is 5.69 Å². The average Bonchev–Trinajstić information content (AvgIpc) is 2.52. The fraction of sp³-hybridized carbons (Fsp3) is 0.0714. The van der Waals surface area contributed by atoms with Gasteiger partial charge in [0, 0.05) is 9.64 Å². The minimum atomic E-state index is -4.36. The number of benzene rings is 2. The number of halogens is 2. The van der Waals surface area contributed by atoms with Gasteiger partial charge in [0.25, 0.3) is 15.7 Å². The molecule has 2 aromatic rings. The van der Waals surface area contributed by atoms with Gasteiger partial charge < -0.3 is 0 Å².